The van der Waals surface area contributed by atoms with Gasteiger partial charge >= 0.3 is 0 Å². The first kappa shape index (κ1) is 15.0. The Bertz CT molecular complexity index is 579. The summed E-state index contributed by atoms with van der Waals surface area (Å²) in [6.45, 7) is 3.11. The highest BCUT2D eigenvalue weighted by molar-refractivity contribution is 7.89. The number of aryl methyl sites for hydroxylation is 1. The van der Waals surface area contributed by atoms with Gasteiger partial charge in [0.2, 0.25) is 10.0 Å². The van der Waals surface area contributed by atoms with Crippen LogP contribution in [-0.4, -0.2) is 27.0 Å². The Labute approximate surface area is 127 Å². The van der Waals surface area contributed by atoms with Crippen molar-refractivity contribution >= 4 is 10.0 Å². The van der Waals surface area contributed by atoms with E-state index in [9.17, 15) is 8.42 Å². The van der Waals surface area contributed by atoms with Crippen molar-refractivity contribution in [3.8, 4) is 0 Å². The predicted octanol–water partition coefficient (Wildman–Crippen LogP) is 2.06. The molecule has 2 fully saturated rings. The van der Waals surface area contributed by atoms with Gasteiger partial charge in [0.1, 0.15) is 0 Å². The van der Waals surface area contributed by atoms with Crippen LogP contribution in [-0.2, 0) is 16.4 Å². The molecule has 116 valence electrons. The molecule has 0 heterocycles. The highest BCUT2D eigenvalue weighted by Crippen LogP contribution is 2.30. The zero-order chi connectivity index (χ0) is 14.9. The molecule has 0 spiro atoms. The summed E-state index contributed by atoms with van der Waals surface area (Å²) in [4.78, 5) is 0.376. The van der Waals surface area contributed by atoms with E-state index in [0.29, 0.717) is 10.8 Å². The van der Waals surface area contributed by atoms with Gasteiger partial charge in [-0.05, 0) is 62.3 Å². The van der Waals surface area contributed by atoms with Crippen LogP contribution >= 0.6 is 0 Å². The summed E-state index contributed by atoms with van der Waals surface area (Å²) >= 11 is 0. The lowest BCUT2D eigenvalue weighted by atomic mass is 10.1. The molecule has 2 saturated carbocycles. The molecule has 0 radical (unpaired) electrons. The van der Waals surface area contributed by atoms with Crippen LogP contribution in [0.25, 0.3) is 0 Å². The summed E-state index contributed by atoms with van der Waals surface area (Å²) in [6.07, 6.45) is 5.68. The predicted molar refractivity (Wildman–Crippen MR) is 83.7 cm³/mol. The van der Waals surface area contributed by atoms with E-state index >= 15 is 0 Å². The van der Waals surface area contributed by atoms with E-state index in [1.807, 2.05) is 12.1 Å². The van der Waals surface area contributed by atoms with E-state index in [1.54, 1.807) is 12.1 Å². The summed E-state index contributed by atoms with van der Waals surface area (Å²) in [5.74, 6) is 0.470. The zero-order valence-electron chi connectivity index (χ0n) is 12.5. The van der Waals surface area contributed by atoms with E-state index in [4.69, 9.17) is 0 Å². The number of nitrogens with one attached hydrogen (secondary N) is 2. The average Bonchev–Trinajstić information content (AvgIpc) is 3.36. The summed E-state index contributed by atoms with van der Waals surface area (Å²) < 4.78 is 27.1. The molecule has 4 nitrogen and oxygen atoms in total. The summed E-state index contributed by atoms with van der Waals surface area (Å²) in [5, 5.41) is 3.49. The number of sulfonamides is 1. The van der Waals surface area contributed by atoms with Crippen molar-refractivity contribution in [1.82, 2.24) is 10.0 Å². The number of hydrogen-bond acceptors (Lipinski definition) is 3. The van der Waals surface area contributed by atoms with E-state index in [1.165, 1.54) is 18.4 Å². The molecule has 5 heteroatoms. The van der Waals surface area contributed by atoms with Gasteiger partial charge in [0.15, 0.2) is 0 Å². The first-order valence-corrected chi connectivity index (χ1v) is 9.37. The van der Waals surface area contributed by atoms with Crippen LogP contribution in [0.5, 0.6) is 0 Å². The molecule has 0 aliphatic heterocycles. The lowest BCUT2D eigenvalue weighted by Gasteiger charge is -2.07. The molecule has 0 bridgehead atoms. The molecule has 0 aromatic heterocycles. The first-order chi connectivity index (χ1) is 10.0. The maximum Gasteiger partial charge on any atom is 0.240 e. The quantitative estimate of drug-likeness (QED) is 0.723. The molecule has 2 aliphatic carbocycles. The fourth-order valence-corrected chi connectivity index (χ4v) is 3.83. The minimum absolute atomic E-state index is 0.128. The largest absolute Gasteiger partial charge is 0.314 e. The van der Waals surface area contributed by atoms with Crippen LogP contribution in [0, 0.1) is 5.92 Å². The van der Waals surface area contributed by atoms with Crippen molar-refractivity contribution < 1.29 is 8.42 Å². The van der Waals surface area contributed by atoms with E-state index in [2.05, 4.69) is 17.0 Å². The lowest BCUT2D eigenvalue weighted by molar-refractivity contribution is 0.578. The molecule has 1 aromatic rings. The monoisotopic (exact) mass is 308 g/mol. The number of hydrogen-bond donors (Lipinski definition) is 2. The van der Waals surface area contributed by atoms with Crippen molar-refractivity contribution in [2.75, 3.05) is 6.54 Å². The van der Waals surface area contributed by atoms with Gasteiger partial charge < -0.3 is 5.32 Å². The van der Waals surface area contributed by atoms with E-state index in [0.717, 1.165) is 31.8 Å². The zero-order valence-corrected chi connectivity index (χ0v) is 13.3. The fraction of sp³-hybridized carbons (Fsp3) is 0.625. The Kier molecular flexibility index (Phi) is 4.33. The molecule has 0 saturated heterocycles. The summed E-state index contributed by atoms with van der Waals surface area (Å²) in [5.41, 5.74) is 1.20. The number of rotatable bonds is 8. The standard InChI is InChI=1S/C16H24N2O2S/c1-12-11-16(12)18-21(19,20)15-8-4-13(5-9-15)3-2-10-17-14-6-7-14/h4-5,8-9,12,14,16-18H,2-3,6-7,10-11H2,1H3. The normalized spacial score (nSPS) is 25.0. The van der Waals surface area contributed by atoms with Crippen LogP contribution in [0.3, 0.4) is 0 Å². The Balaban J connectivity index is 1.50. The van der Waals surface area contributed by atoms with Gasteiger partial charge in [-0.3, -0.25) is 0 Å². The summed E-state index contributed by atoms with van der Waals surface area (Å²) in [7, 11) is -3.34. The van der Waals surface area contributed by atoms with Crippen LogP contribution in [0.4, 0.5) is 0 Å². The minimum Gasteiger partial charge on any atom is -0.314 e. The molecule has 21 heavy (non-hydrogen) atoms. The molecule has 3 rings (SSSR count). The van der Waals surface area contributed by atoms with Crippen molar-refractivity contribution in [2.45, 2.75) is 56.0 Å². The van der Waals surface area contributed by atoms with Gasteiger partial charge in [-0.1, -0.05) is 19.1 Å². The maximum atomic E-state index is 12.2. The topological polar surface area (TPSA) is 58.2 Å². The third kappa shape index (κ3) is 4.28. The van der Waals surface area contributed by atoms with Gasteiger partial charge in [0, 0.05) is 12.1 Å². The van der Waals surface area contributed by atoms with E-state index in [-0.39, 0.29) is 6.04 Å². The van der Waals surface area contributed by atoms with Crippen LogP contribution in [0.15, 0.2) is 29.2 Å². The van der Waals surface area contributed by atoms with Crippen LogP contribution in [0.1, 0.15) is 38.2 Å². The molecule has 1 aromatic carbocycles. The van der Waals surface area contributed by atoms with Crippen LogP contribution < -0.4 is 10.0 Å². The fourth-order valence-electron chi connectivity index (χ4n) is 2.47. The summed E-state index contributed by atoms with van der Waals surface area (Å²) in [6, 6.07) is 8.19. The van der Waals surface area contributed by atoms with Crippen molar-refractivity contribution in [3.63, 3.8) is 0 Å². The van der Waals surface area contributed by atoms with Gasteiger partial charge in [0.25, 0.3) is 0 Å². The third-order valence-corrected chi connectivity index (χ3v) is 5.81. The first-order valence-electron chi connectivity index (χ1n) is 7.89. The van der Waals surface area contributed by atoms with Crippen molar-refractivity contribution in [2.24, 2.45) is 5.92 Å². The SMILES string of the molecule is CC1CC1NS(=O)(=O)c1ccc(CCCNC2CC2)cc1. The highest BCUT2D eigenvalue weighted by atomic mass is 32.2. The maximum absolute atomic E-state index is 12.2. The molecular formula is C16H24N2O2S. The lowest BCUT2D eigenvalue weighted by Crippen LogP contribution is -2.26. The Morgan fingerprint density at radius 3 is 2.43 bits per heavy atom. The highest BCUT2D eigenvalue weighted by Gasteiger charge is 2.36. The molecule has 2 unspecified atom stereocenters. The van der Waals surface area contributed by atoms with Gasteiger partial charge in [0.05, 0.1) is 4.90 Å². The second kappa shape index (κ2) is 6.07. The van der Waals surface area contributed by atoms with Crippen molar-refractivity contribution in [1.29, 1.82) is 0 Å². The Morgan fingerprint density at radius 1 is 1.19 bits per heavy atom. The van der Waals surface area contributed by atoms with E-state index < -0.39 is 10.0 Å². The Morgan fingerprint density at radius 2 is 1.86 bits per heavy atom. The smallest absolute Gasteiger partial charge is 0.240 e. The molecule has 2 atom stereocenters. The third-order valence-electron chi connectivity index (χ3n) is 4.30. The second-order valence-electron chi connectivity index (χ2n) is 6.42. The Hall–Kier alpha value is -0.910. The van der Waals surface area contributed by atoms with Crippen molar-refractivity contribution in [3.05, 3.63) is 29.8 Å². The molecular weight excluding hydrogens is 284 g/mol. The molecule has 2 aliphatic rings. The van der Waals surface area contributed by atoms with Gasteiger partial charge in [-0.2, -0.15) is 0 Å². The molecule has 0 amide bonds. The van der Waals surface area contributed by atoms with Crippen LogP contribution in [0.2, 0.25) is 0 Å². The average molecular weight is 308 g/mol. The molecule has 2 N–H and O–H groups in total. The van der Waals surface area contributed by atoms with Gasteiger partial charge in [-0.25, -0.2) is 13.1 Å². The minimum atomic E-state index is -3.34. The van der Waals surface area contributed by atoms with Gasteiger partial charge in [-0.15, -0.1) is 0 Å². The number of benzene rings is 1. The second-order valence-corrected chi connectivity index (χ2v) is 8.13.